The Labute approximate surface area is 107 Å². The van der Waals surface area contributed by atoms with Crippen LogP contribution < -0.4 is 5.73 Å². The van der Waals surface area contributed by atoms with Crippen molar-refractivity contribution in [3.8, 4) is 0 Å². The Morgan fingerprint density at radius 3 is 2.83 bits per heavy atom. The molecule has 2 heterocycles. The number of pyridine rings is 1. The molecule has 1 unspecified atom stereocenters. The first-order chi connectivity index (χ1) is 8.77. The molecular formula is C14H20N4. The molecule has 2 N–H and O–H groups in total. The second-order valence-corrected chi connectivity index (χ2v) is 5.30. The van der Waals surface area contributed by atoms with Gasteiger partial charge in [0.1, 0.15) is 11.3 Å². The second kappa shape index (κ2) is 4.69. The highest BCUT2D eigenvalue weighted by Crippen LogP contribution is 2.33. The van der Waals surface area contributed by atoms with Crippen molar-refractivity contribution in [1.82, 2.24) is 14.5 Å². The molecule has 0 saturated heterocycles. The van der Waals surface area contributed by atoms with Gasteiger partial charge in [-0.2, -0.15) is 0 Å². The van der Waals surface area contributed by atoms with E-state index >= 15 is 0 Å². The molecule has 1 atom stereocenters. The lowest BCUT2D eigenvalue weighted by Gasteiger charge is -2.26. The summed E-state index contributed by atoms with van der Waals surface area (Å²) in [5.74, 6) is 1.56. The highest BCUT2D eigenvalue weighted by Gasteiger charge is 2.25. The molecule has 0 aliphatic heterocycles. The summed E-state index contributed by atoms with van der Waals surface area (Å²) in [4.78, 5) is 9.04. The third-order valence-electron chi connectivity index (χ3n) is 4.12. The maximum absolute atomic E-state index is 6.42. The van der Waals surface area contributed by atoms with E-state index in [9.17, 15) is 0 Å². The number of imidazole rings is 1. The van der Waals surface area contributed by atoms with Gasteiger partial charge in [0.25, 0.3) is 0 Å². The predicted molar refractivity (Wildman–Crippen MR) is 72.0 cm³/mol. The zero-order valence-corrected chi connectivity index (χ0v) is 10.8. The van der Waals surface area contributed by atoms with Crippen LogP contribution >= 0.6 is 0 Å². The minimum atomic E-state index is 0.0458. The fourth-order valence-electron chi connectivity index (χ4n) is 3.04. The third-order valence-corrected chi connectivity index (χ3v) is 4.12. The summed E-state index contributed by atoms with van der Waals surface area (Å²) >= 11 is 0. The number of nitrogens with zero attached hydrogens (tertiary/aromatic N) is 3. The summed E-state index contributed by atoms with van der Waals surface area (Å²) in [6.07, 6.45) is 8.24. The monoisotopic (exact) mass is 244 g/mol. The fourth-order valence-corrected chi connectivity index (χ4v) is 3.04. The maximum Gasteiger partial charge on any atom is 0.159 e. The lowest BCUT2D eigenvalue weighted by molar-refractivity contribution is 0.298. The summed E-state index contributed by atoms with van der Waals surface area (Å²) in [6.45, 7) is 0. The summed E-state index contributed by atoms with van der Waals surface area (Å²) in [7, 11) is 2.01. The molecule has 1 saturated carbocycles. The molecule has 0 radical (unpaired) electrons. The van der Waals surface area contributed by atoms with Crippen LogP contribution in [0.25, 0.3) is 11.2 Å². The molecule has 2 aromatic rings. The standard InChI is InChI=1S/C14H20N4/c1-18-13-11(8-5-9-16-13)17-14(18)12(15)10-6-3-2-4-7-10/h5,8-10,12H,2-4,6-7,15H2,1H3. The van der Waals surface area contributed by atoms with Crippen LogP contribution in [-0.4, -0.2) is 14.5 Å². The molecule has 0 bridgehead atoms. The predicted octanol–water partition coefficient (Wildman–Crippen LogP) is 2.55. The molecule has 4 nitrogen and oxygen atoms in total. The average molecular weight is 244 g/mol. The smallest absolute Gasteiger partial charge is 0.159 e. The second-order valence-electron chi connectivity index (χ2n) is 5.30. The van der Waals surface area contributed by atoms with Gasteiger partial charge in [-0.1, -0.05) is 19.3 Å². The number of rotatable bonds is 2. The van der Waals surface area contributed by atoms with Gasteiger partial charge in [0, 0.05) is 13.2 Å². The van der Waals surface area contributed by atoms with Gasteiger partial charge in [0.2, 0.25) is 0 Å². The SMILES string of the molecule is Cn1c(C(N)C2CCCCC2)nc2cccnc21. The summed E-state index contributed by atoms with van der Waals surface area (Å²) in [6, 6.07) is 3.97. The van der Waals surface area contributed by atoms with E-state index in [1.54, 1.807) is 6.20 Å². The number of aryl methyl sites for hydroxylation is 1. The van der Waals surface area contributed by atoms with Crippen LogP contribution in [0.4, 0.5) is 0 Å². The molecular weight excluding hydrogens is 224 g/mol. The van der Waals surface area contributed by atoms with E-state index in [0.717, 1.165) is 17.0 Å². The first-order valence-electron chi connectivity index (χ1n) is 6.80. The Morgan fingerprint density at radius 1 is 1.33 bits per heavy atom. The Balaban J connectivity index is 1.95. The number of hydrogen-bond acceptors (Lipinski definition) is 3. The molecule has 2 aromatic heterocycles. The maximum atomic E-state index is 6.42. The van der Waals surface area contributed by atoms with Crippen LogP contribution in [0.5, 0.6) is 0 Å². The van der Waals surface area contributed by atoms with E-state index in [0.29, 0.717) is 5.92 Å². The Hall–Kier alpha value is -1.42. The molecule has 0 spiro atoms. The van der Waals surface area contributed by atoms with Crippen LogP contribution in [0.15, 0.2) is 18.3 Å². The van der Waals surface area contributed by atoms with Crippen LogP contribution in [0, 0.1) is 5.92 Å². The molecule has 96 valence electrons. The normalized spacial score (nSPS) is 19.2. The van der Waals surface area contributed by atoms with Crippen molar-refractivity contribution in [2.24, 2.45) is 18.7 Å². The van der Waals surface area contributed by atoms with Gasteiger partial charge in [-0.05, 0) is 30.9 Å². The van der Waals surface area contributed by atoms with Crippen molar-refractivity contribution in [3.63, 3.8) is 0 Å². The zero-order valence-electron chi connectivity index (χ0n) is 10.8. The van der Waals surface area contributed by atoms with Gasteiger partial charge in [0.05, 0.1) is 6.04 Å². The molecule has 18 heavy (non-hydrogen) atoms. The van der Waals surface area contributed by atoms with E-state index in [4.69, 9.17) is 5.73 Å². The molecule has 1 aliphatic carbocycles. The van der Waals surface area contributed by atoms with Crippen molar-refractivity contribution in [1.29, 1.82) is 0 Å². The molecule has 1 fully saturated rings. The molecule has 1 aliphatic rings. The first-order valence-corrected chi connectivity index (χ1v) is 6.80. The van der Waals surface area contributed by atoms with Gasteiger partial charge in [-0.3, -0.25) is 0 Å². The molecule has 3 rings (SSSR count). The quantitative estimate of drug-likeness (QED) is 0.883. The van der Waals surface area contributed by atoms with Crippen molar-refractivity contribution >= 4 is 11.2 Å². The number of hydrogen-bond donors (Lipinski definition) is 1. The highest BCUT2D eigenvalue weighted by atomic mass is 15.1. The number of fused-ring (bicyclic) bond motifs is 1. The minimum Gasteiger partial charge on any atom is -0.321 e. The van der Waals surface area contributed by atoms with Gasteiger partial charge < -0.3 is 10.3 Å². The van der Waals surface area contributed by atoms with Gasteiger partial charge in [-0.25, -0.2) is 9.97 Å². The van der Waals surface area contributed by atoms with Crippen LogP contribution in [-0.2, 0) is 7.05 Å². The number of aromatic nitrogens is 3. The van der Waals surface area contributed by atoms with Crippen molar-refractivity contribution in [2.75, 3.05) is 0 Å². The lowest BCUT2D eigenvalue weighted by Crippen LogP contribution is -2.26. The average Bonchev–Trinajstić information content (AvgIpc) is 2.77. The van der Waals surface area contributed by atoms with Crippen LogP contribution in [0.3, 0.4) is 0 Å². The summed E-state index contributed by atoms with van der Waals surface area (Å²) < 4.78 is 2.05. The molecule has 0 amide bonds. The highest BCUT2D eigenvalue weighted by molar-refractivity contribution is 5.71. The summed E-state index contributed by atoms with van der Waals surface area (Å²) in [5.41, 5.74) is 8.30. The number of nitrogens with two attached hydrogens (primary N) is 1. The first kappa shape index (κ1) is 11.7. The van der Waals surface area contributed by atoms with Crippen LogP contribution in [0.2, 0.25) is 0 Å². The fraction of sp³-hybridized carbons (Fsp3) is 0.571. The Kier molecular flexibility index (Phi) is 3.04. The van der Waals surface area contributed by atoms with E-state index in [1.165, 1.54) is 32.1 Å². The van der Waals surface area contributed by atoms with Gasteiger partial charge in [-0.15, -0.1) is 0 Å². The van der Waals surface area contributed by atoms with E-state index < -0.39 is 0 Å². The molecule has 0 aromatic carbocycles. The van der Waals surface area contributed by atoms with Crippen molar-refractivity contribution < 1.29 is 0 Å². The largest absolute Gasteiger partial charge is 0.321 e. The molecule has 4 heteroatoms. The van der Waals surface area contributed by atoms with Gasteiger partial charge in [0.15, 0.2) is 5.65 Å². The van der Waals surface area contributed by atoms with Crippen molar-refractivity contribution in [3.05, 3.63) is 24.2 Å². The Morgan fingerprint density at radius 2 is 2.11 bits per heavy atom. The topological polar surface area (TPSA) is 56.7 Å². The zero-order chi connectivity index (χ0) is 12.5. The summed E-state index contributed by atoms with van der Waals surface area (Å²) in [5, 5.41) is 0. The van der Waals surface area contributed by atoms with Crippen molar-refractivity contribution in [2.45, 2.75) is 38.1 Å². The third kappa shape index (κ3) is 1.90. The van der Waals surface area contributed by atoms with E-state index in [-0.39, 0.29) is 6.04 Å². The van der Waals surface area contributed by atoms with Crippen LogP contribution in [0.1, 0.15) is 44.0 Å². The van der Waals surface area contributed by atoms with E-state index in [2.05, 4.69) is 14.5 Å². The minimum absolute atomic E-state index is 0.0458. The van der Waals surface area contributed by atoms with Gasteiger partial charge >= 0.3 is 0 Å². The Bertz CT molecular complexity index is 540. The van der Waals surface area contributed by atoms with E-state index in [1.807, 2.05) is 19.2 Å². The lowest BCUT2D eigenvalue weighted by atomic mass is 9.84.